The third-order valence-corrected chi connectivity index (χ3v) is 7.63. The van der Waals surface area contributed by atoms with Crippen LogP contribution in [0.25, 0.3) is 0 Å². The molecule has 1 rings (SSSR count). The van der Waals surface area contributed by atoms with Crippen molar-refractivity contribution in [3.63, 3.8) is 0 Å². The van der Waals surface area contributed by atoms with Crippen LogP contribution in [0.1, 0.15) is 97.5 Å². The van der Waals surface area contributed by atoms with Gasteiger partial charge in [-0.25, -0.2) is 8.98 Å². The van der Waals surface area contributed by atoms with Crippen molar-refractivity contribution >= 4 is 22.1 Å². The maximum atomic E-state index is 12.7. The van der Waals surface area contributed by atoms with Crippen LogP contribution in [-0.4, -0.2) is 53.9 Å². The van der Waals surface area contributed by atoms with Crippen LogP contribution in [-0.2, 0) is 44.5 Å². The molecule has 1 atom stereocenters. The Bertz CT molecular complexity index is 896. The van der Waals surface area contributed by atoms with Crippen LogP contribution in [0.15, 0.2) is 29.2 Å². The molecule has 0 saturated heterocycles. The second-order valence-corrected chi connectivity index (χ2v) is 11.5. The average molecular weight is 559 g/mol. The highest BCUT2D eigenvalue weighted by molar-refractivity contribution is 7.86. The van der Waals surface area contributed by atoms with Gasteiger partial charge in [0.15, 0.2) is 5.60 Å². The molecule has 0 spiro atoms. The normalized spacial score (nSPS) is 12.3. The van der Waals surface area contributed by atoms with E-state index in [9.17, 15) is 18.0 Å². The highest BCUT2D eigenvalue weighted by Gasteiger charge is 2.37. The number of hydrogen-bond donors (Lipinski definition) is 0. The SMILES string of the molecule is CCCCCCCCCCCCc1ccccc1S(=O)(=O)OC(C)(C)C(=O)OC.COCC(C)C(=O)OC. The fourth-order valence-corrected chi connectivity index (χ4v) is 5.32. The number of hydrogen-bond acceptors (Lipinski definition) is 8. The molecular weight excluding hydrogens is 508 g/mol. The maximum Gasteiger partial charge on any atom is 0.339 e. The third-order valence-electron chi connectivity index (χ3n) is 6.06. The van der Waals surface area contributed by atoms with Crippen LogP contribution in [0.4, 0.5) is 0 Å². The van der Waals surface area contributed by atoms with Crippen molar-refractivity contribution in [2.24, 2.45) is 5.92 Å². The van der Waals surface area contributed by atoms with Crippen molar-refractivity contribution < 1.29 is 36.4 Å². The number of aryl methyl sites for hydroxylation is 1. The van der Waals surface area contributed by atoms with E-state index in [0.29, 0.717) is 13.0 Å². The largest absolute Gasteiger partial charge is 0.469 e. The standard InChI is InChI=1S/C23H38O5S.C6H12O3/c1-5-6-7-8-9-10-11-12-13-14-17-20-18-15-16-19-21(20)29(25,26)28-23(2,3)22(24)27-4;1-5(4-8-2)6(7)9-3/h15-16,18-19H,5-14,17H2,1-4H3;5H,4H2,1-3H3. The quantitative estimate of drug-likeness (QED) is 0.118. The highest BCUT2D eigenvalue weighted by Crippen LogP contribution is 2.25. The lowest BCUT2D eigenvalue weighted by Crippen LogP contribution is -2.38. The van der Waals surface area contributed by atoms with Crippen LogP contribution in [0.2, 0.25) is 0 Å². The van der Waals surface area contributed by atoms with Gasteiger partial charge >= 0.3 is 11.9 Å². The summed E-state index contributed by atoms with van der Waals surface area (Å²) in [7, 11) is 0.0651. The number of benzene rings is 1. The molecule has 0 heterocycles. The number of carbonyl (C=O) groups is 2. The van der Waals surface area contributed by atoms with E-state index in [-0.39, 0.29) is 16.8 Å². The molecule has 0 aliphatic carbocycles. The molecule has 0 aromatic heterocycles. The van der Waals surface area contributed by atoms with Crippen molar-refractivity contribution in [1.82, 2.24) is 0 Å². The molecule has 1 aromatic carbocycles. The summed E-state index contributed by atoms with van der Waals surface area (Å²) in [4.78, 5) is 22.5. The Kier molecular flexibility index (Phi) is 19.0. The molecular formula is C29H50O8S. The molecule has 0 radical (unpaired) electrons. The predicted molar refractivity (Wildman–Crippen MR) is 149 cm³/mol. The van der Waals surface area contributed by atoms with Crippen molar-refractivity contribution in [3.05, 3.63) is 29.8 Å². The van der Waals surface area contributed by atoms with E-state index in [1.807, 2.05) is 12.1 Å². The molecule has 0 aliphatic rings. The van der Waals surface area contributed by atoms with Gasteiger partial charge in [-0.3, -0.25) is 4.79 Å². The minimum Gasteiger partial charge on any atom is -0.469 e. The zero-order valence-corrected chi connectivity index (χ0v) is 25.4. The first-order valence-corrected chi connectivity index (χ1v) is 15.1. The number of unbranched alkanes of at least 4 members (excludes halogenated alkanes) is 9. The molecule has 220 valence electrons. The number of methoxy groups -OCH3 is 3. The summed E-state index contributed by atoms with van der Waals surface area (Å²) in [6.45, 7) is 7.19. The summed E-state index contributed by atoms with van der Waals surface area (Å²) in [5, 5.41) is 0. The first-order chi connectivity index (χ1) is 18.0. The Balaban J connectivity index is 0.00000129. The van der Waals surface area contributed by atoms with E-state index < -0.39 is 21.7 Å². The summed E-state index contributed by atoms with van der Waals surface area (Å²) in [5.41, 5.74) is -0.842. The molecule has 0 aliphatic heterocycles. The zero-order chi connectivity index (χ0) is 29.0. The van der Waals surface area contributed by atoms with Gasteiger partial charge in [-0.1, -0.05) is 82.9 Å². The molecule has 0 saturated carbocycles. The first kappa shape index (κ1) is 36.0. The molecule has 38 heavy (non-hydrogen) atoms. The van der Waals surface area contributed by atoms with Crippen molar-refractivity contribution in [2.45, 2.75) is 109 Å². The Labute approximate surface area is 230 Å². The molecule has 9 heteroatoms. The molecule has 8 nitrogen and oxygen atoms in total. The van der Waals surface area contributed by atoms with Gasteiger partial charge in [-0.2, -0.15) is 8.42 Å². The second-order valence-electron chi connectivity index (χ2n) is 9.96. The lowest BCUT2D eigenvalue weighted by Gasteiger charge is -2.22. The van der Waals surface area contributed by atoms with Gasteiger partial charge in [0, 0.05) is 7.11 Å². The smallest absolute Gasteiger partial charge is 0.339 e. The van der Waals surface area contributed by atoms with Gasteiger partial charge < -0.3 is 14.2 Å². The Morgan fingerprint density at radius 1 is 0.842 bits per heavy atom. The van der Waals surface area contributed by atoms with Gasteiger partial charge in [0.25, 0.3) is 10.1 Å². The van der Waals surface area contributed by atoms with Gasteiger partial charge in [0.05, 0.1) is 31.6 Å². The summed E-state index contributed by atoms with van der Waals surface area (Å²) < 4.78 is 44.5. The lowest BCUT2D eigenvalue weighted by atomic mass is 10.0. The van der Waals surface area contributed by atoms with E-state index >= 15 is 0 Å². The van der Waals surface area contributed by atoms with Crippen molar-refractivity contribution in [1.29, 1.82) is 0 Å². The van der Waals surface area contributed by atoms with Crippen molar-refractivity contribution in [2.75, 3.05) is 27.9 Å². The second kappa shape index (κ2) is 20.0. The van der Waals surface area contributed by atoms with Gasteiger partial charge in [0.2, 0.25) is 0 Å². The minimum absolute atomic E-state index is 0.132. The predicted octanol–water partition coefficient (Wildman–Crippen LogP) is 6.25. The number of ether oxygens (including phenoxy) is 3. The number of rotatable bonds is 18. The Morgan fingerprint density at radius 2 is 1.37 bits per heavy atom. The van der Waals surface area contributed by atoms with Gasteiger partial charge in [-0.05, 0) is 45.2 Å². The van der Waals surface area contributed by atoms with E-state index in [0.717, 1.165) is 18.4 Å². The maximum absolute atomic E-state index is 12.7. The van der Waals surface area contributed by atoms with E-state index in [1.54, 1.807) is 20.1 Å². The molecule has 1 unspecified atom stereocenters. The summed E-state index contributed by atoms with van der Waals surface area (Å²) in [5.74, 6) is -1.11. The highest BCUT2D eigenvalue weighted by atomic mass is 32.2. The summed E-state index contributed by atoms with van der Waals surface area (Å²) in [6, 6.07) is 6.85. The third kappa shape index (κ3) is 14.8. The molecule has 0 bridgehead atoms. The molecule has 1 aromatic rings. The Hall–Kier alpha value is -1.97. The fraction of sp³-hybridized carbons (Fsp3) is 0.724. The summed E-state index contributed by atoms with van der Waals surface area (Å²) >= 11 is 0. The van der Waals surface area contributed by atoms with Crippen LogP contribution in [0.3, 0.4) is 0 Å². The topological polar surface area (TPSA) is 105 Å². The Morgan fingerprint density at radius 3 is 1.87 bits per heavy atom. The average Bonchev–Trinajstić information content (AvgIpc) is 2.88. The zero-order valence-electron chi connectivity index (χ0n) is 24.5. The van der Waals surface area contributed by atoms with E-state index in [1.165, 1.54) is 85.5 Å². The van der Waals surface area contributed by atoms with Crippen molar-refractivity contribution in [3.8, 4) is 0 Å². The van der Waals surface area contributed by atoms with Crippen LogP contribution >= 0.6 is 0 Å². The molecule has 0 fully saturated rings. The van der Waals surface area contributed by atoms with Crippen LogP contribution < -0.4 is 0 Å². The first-order valence-electron chi connectivity index (χ1n) is 13.7. The number of esters is 2. The lowest BCUT2D eigenvalue weighted by molar-refractivity contribution is -0.155. The molecule has 0 amide bonds. The van der Waals surface area contributed by atoms with E-state index in [4.69, 9.17) is 8.92 Å². The minimum atomic E-state index is -4.07. The van der Waals surface area contributed by atoms with Crippen LogP contribution in [0, 0.1) is 5.92 Å². The monoisotopic (exact) mass is 558 g/mol. The van der Waals surface area contributed by atoms with Gasteiger partial charge in [0.1, 0.15) is 0 Å². The fourth-order valence-electron chi connectivity index (χ4n) is 3.88. The summed E-state index contributed by atoms with van der Waals surface area (Å²) in [6.07, 6.45) is 13.0. The van der Waals surface area contributed by atoms with Gasteiger partial charge in [-0.15, -0.1) is 0 Å². The van der Waals surface area contributed by atoms with Crippen LogP contribution in [0.5, 0.6) is 0 Å². The number of carbonyl (C=O) groups excluding carboxylic acids is 2. The van der Waals surface area contributed by atoms with E-state index in [2.05, 4.69) is 16.4 Å². The molecule has 0 N–H and O–H groups in total.